The van der Waals surface area contributed by atoms with Gasteiger partial charge in [-0.15, -0.1) is 0 Å². The summed E-state index contributed by atoms with van der Waals surface area (Å²) in [5.41, 5.74) is 0. The van der Waals surface area contributed by atoms with Gasteiger partial charge in [0.1, 0.15) is 0 Å². The molecule has 0 aliphatic carbocycles. The Morgan fingerprint density at radius 3 is 0.543 bits per heavy atom. The van der Waals surface area contributed by atoms with Crippen molar-refractivity contribution in [3.8, 4) is 18.2 Å². The van der Waals surface area contributed by atoms with Crippen molar-refractivity contribution >= 4 is 7.82 Å². The molecule has 11 heteroatoms. The molecular weight excluding hydrogens is 467 g/mol. The molecule has 0 amide bonds. The Hall–Kier alpha value is -1.54. The first-order chi connectivity index (χ1) is 16.3. The average molecular weight is 525 g/mol. The van der Waals surface area contributed by atoms with Gasteiger partial charge in [0.05, 0.1) is 18.2 Å². The van der Waals surface area contributed by atoms with Crippen molar-refractivity contribution in [1.82, 2.24) is 14.7 Å². The Morgan fingerprint density at radius 1 is 0.486 bits per heavy atom. The van der Waals surface area contributed by atoms with Crippen LogP contribution in [-0.4, -0.2) is 88.3 Å². The summed E-state index contributed by atoms with van der Waals surface area (Å²) in [7, 11) is -4.64. The maximum atomic E-state index is 8.88. The van der Waals surface area contributed by atoms with Gasteiger partial charge in [0.25, 0.3) is 0 Å². The summed E-state index contributed by atoms with van der Waals surface area (Å²) < 4.78 is 8.88. The second-order valence-corrected chi connectivity index (χ2v) is 7.07. The first-order valence-corrected chi connectivity index (χ1v) is 13.7. The van der Waals surface area contributed by atoms with E-state index in [-0.39, 0.29) is 0 Å². The van der Waals surface area contributed by atoms with Crippen LogP contribution in [0.2, 0.25) is 0 Å². The molecule has 0 heterocycles. The minimum atomic E-state index is -4.64. The van der Waals surface area contributed by atoms with Crippen LogP contribution in [0.25, 0.3) is 0 Å². The molecule has 0 atom stereocenters. The third kappa shape index (κ3) is 111. The first kappa shape index (κ1) is 50.4. The van der Waals surface area contributed by atoms with Crippen LogP contribution in [0.3, 0.4) is 0 Å². The Bertz CT molecular complexity index is 420. The fourth-order valence-corrected chi connectivity index (χ4v) is 2.01. The van der Waals surface area contributed by atoms with Crippen molar-refractivity contribution in [1.29, 1.82) is 15.8 Å². The van der Waals surface area contributed by atoms with Gasteiger partial charge in [0.2, 0.25) is 0 Å². The van der Waals surface area contributed by atoms with Gasteiger partial charge >= 0.3 is 7.82 Å². The van der Waals surface area contributed by atoms with E-state index in [4.69, 9.17) is 35.0 Å². The summed E-state index contributed by atoms with van der Waals surface area (Å²) in [5, 5.41) is 22.0. The van der Waals surface area contributed by atoms with Gasteiger partial charge in [-0.25, -0.2) is 4.57 Å². The SMILES string of the molecule is CC#N.CC#N.CC#N.CCN(CC)CC.CCN(CC)CC.CCN(CC)CC.O=P(O)(O)O. The lowest BCUT2D eigenvalue weighted by molar-refractivity contribution is 0.275. The molecule has 0 saturated carbocycles. The van der Waals surface area contributed by atoms with Crippen molar-refractivity contribution in [3.63, 3.8) is 0 Å². The van der Waals surface area contributed by atoms with Crippen LogP contribution in [-0.2, 0) is 4.57 Å². The normalized spacial score (nSPS) is 8.54. The number of nitrogens with zero attached hydrogens (tertiary/aromatic N) is 6. The molecule has 0 saturated heterocycles. The fourth-order valence-electron chi connectivity index (χ4n) is 2.01. The molecule has 0 bridgehead atoms. The smallest absolute Gasteiger partial charge is 0.304 e. The van der Waals surface area contributed by atoms with E-state index in [1.165, 1.54) is 79.7 Å². The van der Waals surface area contributed by atoms with Gasteiger partial charge in [-0.1, -0.05) is 62.3 Å². The van der Waals surface area contributed by atoms with E-state index in [0.29, 0.717) is 0 Å². The molecule has 0 aromatic heterocycles. The predicted molar refractivity (Wildman–Crippen MR) is 149 cm³/mol. The van der Waals surface area contributed by atoms with Crippen molar-refractivity contribution in [2.75, 3.05) is 58.9 Å². The van der Waals surface area contributed by atoms with E-state index in [1.54, 1.807) is 18.2 Å². The molecule has 35 heavy (non-hydrogen) atoms. The lowest BCUT2D eigenvalue weighted by atomic mass is 10.5. The van der Waals surface area contributed by atoms with Crippen molar-refractivity contribution in [3.05, 3.63) is 0 Å². The van der Waals surface area contributed by atoms with Gasteiger partial charge in [-0.05, 0) is 58.9 Å². The summed E-state index contributed by atoms with van der Waals surface area (Å²) in [6.07, 6.45) is 0. The number of phosphoric acid groups is 1. The van der Waals surface area contributed by atoms with Gasteiger partial charge in [-0.3, -0.25) is 0 Å². The third-order valence-electron chi connectivity index (χ3n) is 4.02. The molecule has 0 spiro atoms. The molecule has 0 unspecified atom stereocenters. The standard InChI is InChI=1S/3C6H15N.3C2H3N.H3O4P/c3*1-4-7(5-2)6-3;3*1-2-3;1-5(2,3)4/h3*4-6H2,1-3H3;3*1H3;(H3,1,2,3,4). The van der Waals surface area contributed by atoms with E-state index < -0.39 is 7.82 Å². The third-order valence-corrected chi connectivity index (χ3v) is 4.02. The molecule has 10 nitrogen and oxygen atoms in total. The van der Waals surface area contributed by atoms with Crippen LogP contribution < -0.4 is 0 Å². The molecule has 0 aliphatic rings. The van der Waals surface area contributed by atoms with E-state index in [9.17, 15) is 0 Å². The molecule has 0 fully saturated rings. The molecule has 212 valence electrons. The second-order valence-electron chi connectivity index (χ2n) is 6.04. The second kappa shape index (κ2) is 49.6. The largest absolute Gasteiger partial charge is 0.466 e. The number of rotatable bonds is 9. The molecule has 0 aliphatic heterocycles. The molecule has 0 aromatic carbocycles. The highest BCUT2D eigenvalue weighted by molar-refractivity contribution is 7.45. The highest BCUT2D eigenvalue weighted by Gasteiger charge is 2.00. The van der Waals surface area contributed by atoms with Gasteiger partial charge in [-0.2, -0.15) is 15.8 Å². The van der Waals surface area contributed by atoms with Crippen LogP contribution >= 0.6 is 7.82 Å². The summed E-state index contributed by atoms with van der Waals surface area (Å²) in [5.74, 6) is 0. The summed E-state index contributed by atoms with van der Waals surface area (Å²) in [4.78, 5) is 28.7. The van der Waals surface area contributed by atoms with Crippen LogP contribution in [0.15, 0.2) is 0 Å². The first-order valence-electron chi connectivity index (χ1n) is 12.2. The van der Waals surface area contributed by atoms with E-state index in [1.807, 2.05) is 0 Å². The fraction of sp³-hybridized carbons (Fsp3) is 0.875. The minimum absolute atomic E-state index is 1.19. The zero-order valence-corrected chi connectivity index (χ0v) is 25.6. The average Bonchev–Trinajstić information content (AvgIpc) is 2.79. The van der Waals surface area contributed by atoms with Gasteiger partial charge < -0.3 is 29.4 Å². The zero-order chi connectivity index (χ0) is 29.7. The lowest BCUT2D eigenvalue weighted by Gasteiger charge is -2.13. The molecule has 3 N–H and O–H groups in total. The van der Waals surface area contributed by atoms with Crippen LogP contribution in [0, 0.1) is 34.0 Å². The quantitative estimate of drug-likeness (QED) is 0.361. The Balaban J connectivity index is -0.0000000540. The van der Waals surface area contributed by atoms with E-state index >= 15 is 0 Å². The molecule has 0 radical (unpaired) electrons. The number of hydrogen-bond acceptors (Lipinski definition) is 7. The van der Waals surface area contributed by atoms with E-state index in [2.05, 4.69) is 77.0 Å². The summed E-state index contributed by atoms with van der Waals surface area (Å²) in [6, 6.07) is 5.25. The predicted octanol–water partition coefficient (Wildman–Crippen LogP) is 4.71. The van der Waals surface area contributed by atoms with Crippen LogP contribution in [0.4, 0.5) is 0 Å². The van der Waals surface area contributed by atoms with Crippen molar-refractivity contribution in [2.45, 2.75) is 83.1 Å². The molecule has 0 rings (SSSR count). The van der Waals surface area contributed by atoms with Crippen LogP contribution in [0.1, 0.15) is 83.1 Å². The number of hydrogen-bond donors (Lipinski definition) is 3. The van der Waals surface area contributed by atoms with E-state index in [0.717, 1.165) is 0 Å². The summed E-state index contributed by atoms with van der Waals surface area (Å²) in [6.45, 7) is 34.7. The molecular formula is C24H57N6O4P. The lowest BCUT2D eigenvalue weighted by Crippen LogP contribution is -2.21. The van der Waals surface area contributed by atoms with Crippen molar-refractivity contribution in [2.24, 2.45) is 0 Å². The Labute approximate surface area is 218 Å². The highest BCUT2D eigenvalue weighted by atomic mass is 31.2. The Kier molecular flexibility index (Phi) is 71.3. The van der Waals surface area contributed by atoms with Crippen LogP contribution in [0.5, 0.6) is 0 Å². The number of nitriles is 3. The maximum absolute atomic E-state index is 8.88. The zero-order valence-electron chi connectivity index (χ0n) is 24.7. The summed E-state index contributed by atoms with van der Waals surface area (Å²) >= 11 is 0. The van der Waals surface area contributed by atoms with Gasteiger partial charge in [0.15, 0.2) is 0 Å². The topological polar surface area (TPSA) is 159 Å². The van der Waals surface area contributed by atoms with Gasteiger partial charge in [0, 0.05) is 20.8 Å². The molecule has 0 aromatic rings. The maximum Gasteiger partial charge on any atom is 0.466 e. The minimum Gasteiger partial charge on any atom is -0.304 e. The highest BCUT2D eigenvalue weighted by Crippen LogP contribution is 2.25. The van der Waals surface area contributed by atoms with Crippen molar-refractivity contribution < 1.29 is 19.2 Å². The Morgan fingerprint density at radius 2 is 0.543 bits per heavy atom. The monoisotopic (exact) mass is 524 g/mol.